The number of carbonyl (C=O) groups excluding carboxylic acids is 1. The number of benzene rings is 1. The Morgan fingerprint density at radius 3 is 2.52 bits per heavy atom. The van der Waals surface area contributed by atoms with Crippen LogP contribution in [0, 0.1) is 0 Å². The monoisotopic (exact) mass is 333 g/mol. The van der Waals surface area contributed by atoms with Crippen molar-refractivity contribution in [2.24, 2.45) is 0 Å². The normalized spacial score (nSPS) is 14.6. The Kier molecular flexibility index (Phi) is 4.16. The molecule has 3 aromatic rings. The third-order valence-electron chi connectivity index (χ3n) is 4.48. The summed E-state index contributed by atoms with van der Waals surface area (Å²) in [5, 5.41) is 0. The van der Waals surface area contributed by atoms with Gasteiger partial charge in [0.25, 0.3) is 5.91 Å². The molecule has 0 unspecified atom stereocenters. The maximum Gasteiger partial charge on any atom is 0.272 e. The third kappa shape index (κ3) is 3.10. The van der Waals surface area contributed by atoms with Crippen molar-refractivity contribution in [3.8, 4) is 11.3 Å². The van der Waals surface area contributed by atoms with Crippen molar-refractivity contribution in [1.29, 1.82) is 0 Å². The number of carbonyl (C=O) groups is 1. The van der Waals surface area contributed by atoms with Gasteiger partial charge in [0.05, 0.1) is 18.2 Å². The van der Waals surface area contributed by atoms with Crippen molar-refractivity contribution in [3.63, 3.8) is 0 Å². The first-order valence-corrected chi connectivity index (χ1v) is 8.36. The number of anilines is 1. The van der Waals surface area contributed by atoms with Gasteiger partial charge in [-0.3, -0.25) is 9.78 Å². The lowest BCUT2D eigenvalue weighted by Gasteiger charge is -2.35. The van der Waals surface area contributed by atoms with Crippen molar-refractivity contribution >= 4 is 11.6 Å². The van der Waals surface area contributed by atoms with Gasteiger partial charge in [-0.15, -0.1) is 0 Å². The number of aromatic amines is 1. The average Bonchev–Trinajstić information content (AvgIpc) is 3.19. The predicted octanol–water partition coefficient (Wildman–Crippen LogP) is 2.43. The molecule has 0 saturated carbocycles. The van der Waals surface area contributed by atoms with E-state index in [1.54, 1.807) is 12.5 Å². The van der Waals surface area contributed by atoms with Crippen LogP contribution >= 0.6 is 0 Å². The highest BCUT2D eigenvalue weighted by Crippen LogP contribution is 2.22. The smallest absolute Gasteiger partial charge is 0.272 e. The minimum absolute atomic E-state index is 0.00203. The van der Waals surface area contributed by atoms with Crippen LogP contribution in [0.2, 0.25) is 0 Å². The summed E-state index contributed by atoms with van der Waals surface area (Å²) in [6.45, 7) is 2.96. The van der Waals surface area contributed by atoms with Gasteiger partial charge in [-0.2, -0.15) is 0 Å². The number of aromatic nitrogens is 3. The molecular formula is C19H19N5O. The molecule has 1 aliphatic rings. The lowest BCUT2D eigenvalue weighted by molar-refractivity contribution is 0.0742. The van der Waals surface area contributed by atoms with Crippen LogP contribution in [0.15, 0.2) is 61.2 Å². The number of nitrogens with one attached hydrogen (secondary N) is 1. The highest BCUT2D eigenvalue weighted by Gasteiger charge is 2.25. The van der Waals surface area contributed by atoms with Gasteiger partial charge in [-0.25, -0.2) is 4.98 Å². The van der Waals surface area contributed by atoms with Crippen LogP contribution in [0.5, 0.6) is 0 Å². The summed E-state index contributed by atoms with van der Waals surface area (Å²) < 4.78 is 0. The second kappa shape index (κ2) is 6.76. The summed E-state index contributed by atoms with van der Waals surface area (Å²) in [6, 6.07) is 13.8. The van der Waals surface area contributed by atoms with Crippen molar-refractivity contribution in [3.05, 3.63) is 66.9 Å². The average molecular weight is 333 g/mol. The number of nitrogens with zero attached hydrogens (tertiary/aromatic N) is 4. The Balaban J connectivity index is 1.48. The maximum absolute atomic E-state index is 12.9. The SMILES string of the molecule is O=C(c1[nH]cnc1-c1ccccc1)N1CCN(c2cccnc2)CC1. The zero-order chi connectivity index (χ0) is 17.1. The number of hydrogen-bond donors (Lipinski definition) is 1. The Bertz CT molecular complexity index is 839. The topological polar surface area (TPSA) is 65.1 Å². The van der Waals surface area contributed by atoms with E-state index in [1.807, 2.05) is 53.6 Å². The molecule has 0 atom stereocenters. The molecule has 2 aromatic heterocycles. The Morgan fingerprint density at radius 1 is 1.00 bits per heavy atom. The van der Waals surface area contributed by atoms with Crippen LogP contribution in [-0.2, 0) is 0 Å². The number of amides is 1. The summed E-state index contributed by atoms with van der Waals surface area (Å²) >= 11 is 0. The van der Waals surface area contributed by atoms with Crippen LogP contribution in [0.25, 0.3) is 11.3 Å². The first-order chi connectivity index (χ1) is 12.3. The van der Waals surface area contributed by atoms with E-state index >= 15 is 0 Å². The van der Waals surface area contributed by atoms with E-state index in [4.69, 9.17) is 0 Å². The molecule has 1 aromatic carbocycles. The maximum atomic E-state index is 12.9. The van der Waals surface area contributed by atoms with E-state index in [2.05, 4.69) is 19.9 Å². The molecule has 0 bridgehead atoms. The molecule has 25 heavy (non-hydrogen) atoms. The lowest BCUT2D eigenvalue weighted by atomic mass is 10.1. The fourth-order valence-electron chi connectivity index (χ4n) is 3.14. The number of rotatable bonds is 3. The van der Waals surface area contributed by atoms with E-state index in [0.717, 1.165) is 24.3 Å². The van der Waals surface area contributed by atoms with Crippen LogP contribution < -0.4 is 4.90 Å². The number of piperazine rings is 1. The van der Waals surface area contributed by atoms with E-state index in [1.165, 1.54) is 0 Å². The van der Waals surface area contributed by atoms with Gasteiger partial charge in [0.2, 0.25) is 0 Å². The van der Waals surface area contributed by atoms with Crippen LogP contribution in [0.3, 0.4) is 0 Å². The van der Waals surface area contributed by atoms with E-state index in [-0.39, 0.29) is 5.91 Å². The second-order valence-corrected chi connectivity index (χ2v) is 5.98. The summed E-state index contributed by atoms with van der Waals surface area (Å²) in [7, 11) is 0. The first kappa shape index (κ1) is 15.4. The molecule has 0 spiro atoms. The number of hydrogen-bond acceptors (Lipinski definition) is 4. The van der Waals surface area contributed by atoms with E-state index in [9.17, 15) is 4.79 Å². The fraction of sp³-hybridized carbons (Fsp3) is 0.211. The van der Waals surface area contributed by atoms with Crippen molar-refractivity contribution < 1.29 is 4.79 Å². The van der Waals surface area contributed by atoms with Gasteiger partial charge in [-0.05, 0) is 12.1 Å². The van der Waals surface area contributed by atoms with Crippen molar-refractivity contribution in [2.75, 3.05) is 31.1 Å². The molecule has 3 heterocycles. The molecule has 1 N–H and O–H groups in total. The molecule has 0 radical (unpaired) electrons. The molecule has 4 rings (SSSR count). The largest absolute Gasteiger partial charge is 0.367 e. The van der Waals surface area contributed by atoms with E-state index in [0.29, 0.717) is 24.5 Å². The third-order valence-corrected chi connectivity index (χ3v) is 4.48. The molecule has 0 aliphatic carbocycles. The second-order valence-electron chi connectivity index (χ2n) is 5.98. The zero-order valence-electron chi connectivity index (χ0n) is 13.8. The van der Waals surface area contributed by atoms with Gasteiger partial charge in [0.1, 0.15) is 11.4 Å². The van der Waals surface area contributed by atoms with Gasteiger partial charge in [-0.1, -0.05) is 30.3 Å². The number of imidazole rings is 1. The lowest BCUT2D eigenvalue weighted by Crippen LogP contribution is -2.49. The van der Waals surface area contributed by atoms with Gasteiger partial charge >= 0.3 is 0 Å². The first-order valence-electron chi connectivity index (χ1n) is 8.36. The minimum atomic E-state index is 0.00203. The zero-order valence-corrected chi connectivity index (χ0v) is 13.8. The molecule has 1 aliphatic heterocycles. The van der Waals surface area contributed by atoms with Crippen LogP contribution in [0.4, 0.5) is 5.69 Å². The minimum Gasteiger partial charge on any atom is -0.367 e. The highest BCUT2D eigenvalue weighted by atomic mass is 16.2. The van der Waals surface area contributed by atoms with Gasteiger partial charge < -0.3 is 14.8 Å². The van der Waals surface area contributed by atoms with Gasteiger partial charge in [0, 0.05) is 37.9 Å². The molecular weight excluding hydrogens is 314 g/mol. The summed E-state index contributed by atoms with van der Waals surface area (Å²) in [4.78, 5) is 28.6. The highest BCUT2D eigenvalue weighted by molar-refractivity contribution is 5.98. The van der Waals surface area contributed by atoms with Crippen molar-refractivity contribution in [2.45, 2.75) is 0 Å². The Morgan fingerprint density at radius 2 is 1.80 bits per heavy atom. The standard InChI is InChI=1S/C19H19N5O/c25-19(18-17(21-14-22-18)15-5-2-1-3-6-15)24-11-9-23(10-12-24)16-7-4-8-20-13-16/h1-8,13-14H,9-12H2,(H,21,22). The number of H-pyrrole nitrogens is 1. The van der Waals surface area contributed by atoms with Crippen molar-refractivity contribution in [1.82, 2.24) is 19.9 Å². The Hall–Kier alpha value is -3.15. The quantitative estimate of drug-likeness (QED) is 0.799. The molecule has 1 saturated heterocycles. The molecule has 6 heteroatoms. The molecule has 1 fully saturated rings. The molecule has 126 valence electrons. The number of pyridine rings is 1. The Labute approximate surface area is 146 Å². The molecule has 1 amide bonds. The van der Waals surface area contributed by atoms with Crippen LogP contribution in [0.1, 0.15) is 10.5 Å². The summed E-state index contributed by atoms with van der Waals surface area (Å²) in [5.41, 5.74) is 3.31. The summed E-state index contributed by atoms with van der Waals surface area (Å²) in [6.07, 6.45) is 5.22. The van der Waals surface area contributed by atoms with Crippen LogP contribution in [-0.4, -0.2) is 51.9 Å². The molecule has 6 nitrogen and oxygen atoms in total. The summed E-state index contributed by atoms with van der Waals surface area (Å²) in [5.74, 6) is 0.00203. The van der Waals surface area contributed by atoms with E-state index < -0.39 is 0 Å². The van der Waals surface area contributed by atoms with Gasteiger partial charge in [0.15, 0.2) is 0 Å². The predicted molar refractivity (Wildman–Crippen MR) is 96.4 cm³/mol. The fourth-order valence-corrected chi connectivity index (χ4v) is 3.14.